The van der Waals surface area contributed by atoms with Crippen LogP contribution in [0.2, 0.25) is 0 Å². The Morgan fingerprint density at radius 3 is 2.74 bits per heavy atom. The number of amides is 1. The maximum Gasteiger partial charge on any atom is 0.272 e. The summed E-state index contributed by atoms with van der Waals surface area (Å²) in [6.07, 6.45) is 1.70. The molecule has 2 heterocycles. The van der Waals surface area contributed by atoms with Gasteiger partial charge in [0.25, 0.3) is 5.91 Å². The summed E-state index contributed by atoms with van der Waals surface area (Å²) in [5.74, 6) is 0.0203. The smallest absolute Gasteiger partial charge is 0.272 e. The predicted octanol–water partition coefficient (Wildman–Crippen LogP) is 2.12. The zero-order chi connectivity index (χ0) is 13.2. The van der Waals surface area contributed by atoms with Crippen LogP contribution in [0.5, 0.6) is 0 Å². The Hall–Kier alpha value is -2.07. The predicted molar refractivity (Wildman–Crippen MR) is 71.5 cm³/mol. The number of methoxy groups -OCH3 is 1. The lowest BCUT2D eigenvalue weighted by atomic mass is 10.2. The van der Waals surface area contributed by atoms with Crippen LogP contribution in [0, 0.1) is 0 Å². The van der Waals surface area contributed by atoms with Gasteiger partial charge in [-0.2, -0.15) is 0 Å². The van der Waals surface area contributed by atoms with Gasteiger partial charge in [-0.05, 0) is 17.7 Å². The average Bonchev–Trinajstić information content (AvgIpc) is 2.91. The molecule has 0 fully saturated rings. The van der Waals surface area contributed by atoms with Gasteiger partial charge in [0.05, 0.1) is 6.54 Å². The van der Waals surface area contributed by atoms with Gasteiger partial charge in [0.1, 0.15) is 5.69 Å². The first-order chi connectivity index (χ1) is 9.29. The lowest BCUT2D eigenvalue weighted by Gasteiger charge is -2.35. The van der Waals surface area contributed by atoms with Gasteiger partial charge in [-0.15, -0.1) is 0 Å². The zero-order valence-electron chi connectivity index (χ0n) is 10.8. The molecule has 1 amide bonds. The summed E-state index contributed by atoms with van der Waals surface area (Å²) >= 11 is 0. The fourth-order valence-electron chi connectivity index (χ4n) is 2.47. The van der Waals surface area contributed by atoms with Gasteiger partial charge >= 0.3 is 0 Å². The number of hydrogen-bond acceptors (Lipinski definition) is 2. The third-order valence-corrected chi connectivity index (χ3v) is 3.48. The molecule has 98 valence electrons. The standard InChI is InChI=1S/C15H16N2O2/c1-19-14-11-16-9-5-8-13(16)15(18)17(14)10-12-6-3-2-4-7-12/h2-9,14H,10-11H2,1H3. The second-order valence-electron chi connectivity index (χ2n) is 4.65. The van der Waals surface area contributed by atoms with Crippen LogP contribution in [0.3, 0.4) is 0 Å². The highest BCUT2D eigenvalue weighted by Crippen LogP contribution is 2.21. The molecule has 0 spiro atoms. The fraction of sp³-hybridized carbons (Fsp3) is 0.267. The lowest BCUT2D eigenvalue weighted by molar-refractivity contribution is -0.0423. The molecule has 0 aliphatic carbocycles. The van der Waals surface area contributed by atoms with Crippen LogP contribution < -0.4 is 0 Å². The van der Waals surface area contributed by atoms with Crippen molar-refractivity contribution in [3.8, 4) is 0 Å². The fourth-order valence-corrected chi connectivity index (χ4v) is 2.47. The van der Waals surface area contributed by atoms with E-state index in [2.05, 4.69) is 0 Å². The van der Waals surface area contributed by atoms with Crippen molar-refractivity contribution in [2.24, 2.45) is 0 Å². The van der Waals surface area contributed by atoms with Crippen molar-refractivity contribution in [1.29, 1.82) is 0 Å². The molecule has 19 heavy (non-hydrogen) atoms. The van der Waals surface area contributed by atoms with E-state index >= 15 is 0 Å². The molecular formula is C15H16N2O2. The Balaban J connectivity index is 1.89. The molecule has 1 aromatic carbocycles. The van der Waals surface area contributed by atoms with Crippen LogP contribution in [-0.2, 0) is 17.8 Å². The van der Waals surface area contributed by atoms with Crippen LogP contribution in [0.1, 0.15) is 16.1 Å². The van der Waals surface area contributed by atoms with Crippen molar-refractivity contribution >= 4 is 5.91 Å². The average molecular weight is 256 g/mol. The highest BCUT2D eigenvalue weighted by Gasteiger charge is 2.31. The highest BCUT2D eigenvalue weighted by molar-refractivity contribution is 5.93. The third kappa shape index (κ3) is 2.15. The van der Waals surface area contributed by atoms with E-state index in [1.807, 2.05) is 53.2 Å². The molecule has 1 aromatic heterocycles. The van der Waals surface area contributed by atoms with Gasteiger partial charge in [-0.3, -0.25) is 4.79 Å². The van der Waals surface area contributed by atoms with E-state index in [0.29, 0.717) is 13.1 Å². The van der Waals surface area contributed by atoms with Crippen LogP contribution in [0.15, 0.2) is 48.7 Å². The normalized spacial score (nSPS) is 18.5. The van der Waals surface area contributed by atoms with E-state index in [9.17, 15) is 4.79 Å². The Bertz CT molecular complexity index is 577. The van der Waals surface area contributed by atoms with Crippen LogP contribution in [0.25, 0.3) is 0 Å². The van der Waals surface area contributed by atoms with E-state index in [0.717, 1.165) is 11.3 Å². The number of carbonyl (C=O) groups is 1. The molecule has 1 unspecified atom stereocenters. The molecule has 3 rings (SSSR count). The summed E-state index contributed by atoms with van der Waals surface area (Å²) in [4.78, 5) is 14.3. The molecule has 1 aliphatic rings. The topological polar surface area (TPSA) is 34.5 Å². The number of nitrogens with zero attached hydrogens (tertiary/aromatic N) is 2. The summed E-state index contributed by atoms with van der Waals surface area (Å²) in [5.41, 5.74) is 1.84. The van der Waals surface area contributed by atoms with Crippen molar-refractivity contribution in [1.82, 2.24) is 9.47 Å². The van der Waals surface area contributed by atoms with Gasteiger partial charge in [-0.1, -0.05) is 30.3 Å². The first-order valence-corrected chi connectivity index (χ1v) is 6.32. The lowest BCUT2D eigenvalue weighted by Crippen LogP contribution is -2.48. The first-order valence-electron chi connectivity index (χ1n) is 6.32. The van der Waals surface area contributed by atoms with E-state index in [1.165, 1.54) is 0 Å². The molecule has 0 saturated heterocycles. The summed E-state index contributed by atoms with van der Waals surface area (Å²) in [7, 11) is 1.64. The van der Waals surface area contributed by atoms with Gasteiger partial charge < -0.3 is 14.2 Å². The SMILES string of the molecule is COC1Cn2cccc2C(=O)N1Cc1ccccc1. The van der Waals surface area contributed by atoms with Gasteiger partial charge in [-0.25, -0.2) is 0 Å². The van der Waals surface area contributed by atoms with Crippen molar-refractivity contribution in [3.05, 3.63) is 59.9 Å². The molecule has 4 heteroatoms. The van der Waals surface area contributed by atoms with E-state index in [1.54, 1.807) is 12.0 Å². The number of hydrogen-bond donors (Lipinski definition) is 0. The van der Waals surface area contributed by atoms with Crippen LogP contribution >= 0.6 is 0 Å². The molecule has 0 bridgehead atoms. The third-order valence-electron chi connectivity index (χ3n) is 3.48. The van der Waals surface area contributed by atoms with E-state index in [4.69, 9.17) is 4.74 Å². The van der Waals surface area contributed by atoms with Crippen molar-refractivity contribution < 1.29 is 9.53 Å². The Morgan fingerprint density at radius 2 is 2.00 bits per heavy atom. The quantitative estimate of drug-likeness (QED) is 0.843. The largest absolute Gasteiger partial charge is 0.360 e. The molecule has 0 N–H and O–H groups in total. The molecule has 1 atom stereocenters. The van der Waals surface area contributed by atoms with Gasteiger partial charge in [0.2, 0.25) is 0 Å². The number of benzene rings is 1. The first kappa shape index (κ1) is 12.0. The number of ether oxygens (including phenoxy) is 1. The van der Waals surface area contributed by atoms with Crippen molar-refractivity contribution in [2.75, 3.05) is 7.11 Å². The minimum atomic E-state index is -0.215. The maximum absolute atomic E-state index is 12.5. The van der Waals surface area contributed by atoms with Gasteiger partial charge in [0.15, 0.2) is 6.23 Å². The Labute approximate surface area is 112 Å². The van der Waals surface area contributed by atoms with E-state index in [-0.39, 0.29) is 12.1 Å². The number of fused-ring (bicyclic) bond motifs is 1. The van der Waals surface area contributed by atoms with E-state index < -0.39 is 0 Å². The Morgan fingerprint density at radius 1 is 1.21 bits per heavy atom. The molecular weight excluding hydrogens is 240 g/mol. The summed E-state index contributed by atoms with van der Waals surface area (Å²) in [6, 6.07) is 13.7. The molecule has 0 saturated carbocycles. The molecule has 0 radical (unpaired) electrons. The zero-order valence-corrected chi connectivity index (χ0v) is 10.8. The Kier molecular flexibility index (Phi) is 3.09. The number of carbonyl (C=O) groups excluding carboxylic acids is 1. The van der Waals surface area contributed by atoms with Crippen molar-refractivity contribution in [3.63, 3.8) is 0 Å². The molecule has 4 nitrogen and oxygen atoms in total. The van der Waals surface area contributed by atoms with Crippen LogP contribution in [0.4, 0.5) is 0 Å². The minimum Gasteiger partial charge on any atom is -0.360 e. The maximum atomic E-state index is 12.5. The summed E-state index contributed by atoms with van der Waals surface area (Å²) < 4.78 is 7.40. The second-order valence-corrected chi connectivity index (χ2v) is 4.65. The van der Waals surface area contributed by atoms with Crippen molar-refractivity contribution in [2.45, 2.75) is 19.3 Å². The number of rotatable bonds is 3. The highest BCUT2D eigenvalue weighted by atomic mass is 16.5. The van der Waals surface area contributed by atoms with Crippen LogP contribution in [-0.4, -0.2) is 28.7 Å². The minimum absolute atomic E-state index is 0.0203. The monoisotopic (exact) mass is 256 g/mol. The second kappa shape index (κ2) is 4.90. The summed E-state index contributed by atoms with van der Waals surface area (Å²) in [6.45, 7) is 1.25. The molecule has 2 aromatic rings. The summed E-state index contributed by atoms with van der Waals surface area (Å²) in [5, 5.41) is 0. The molecule has 1 aliphatic heterocycles. The number of aromatic nitrogens is 1. The van der Waals surface area contributed by atoms with Gasteiger partial charge in [0, 0.05) is 19.9 Å².